The second-order valence-corrected chi connectivity index (χ2v) is 6.30. The van der Waals surface area contributed by atoms with Gasteiger partial charge in [0.1, 0.15) is 5.75 Å². The summed E-state index contributed by atoms with van der Waals surface area (Å²) >= 11 is 0. The van der Waals surface area contributed by atoms with Crippen LogP contribution in [-0.2, 0) is 9.59 Å². The van der Waals surface area contributed by atoms with E-state index in [9.17, 15) is 24.9 Å². The summed E-state index contributed by atoms with van der Waals surface area (Å²) in [6, 6.07) is 10.8. The fraction of sp³-hybridized carbons (Fsp3) is 0.182. The molecule has 0 aromatic heterocycles. The van der Waals surface area contributed by atoms with Gasteiger partial charge in [0.15, 0.2) is 11.5 Å². The zero-order valence-corrected chi connectivity index (χ0v) is 15.8. The number of hydrogen-bond donors (Lipinski definition) is 5. The summed E-state index contributed by atoms with van der Waals surface area (Å²) in [7, 11) is 0. The van der Waals surface area contributed by atoms with E-state index < -0.39 is 0 Å². The molecule has 29 heavy (non-hydrogen) atoms. The fourth-order valence-corrected chi connectivity index (χ4v) is 2.36. The highest BCUT2D eigenvalue weighted by Gasteiger charge is 2.00. The summed E-state index contributed by atoms with van der Waals surface area (Å²) in [5.41, 5.74) is 1.41. The van der Waals surface area contributed by atoms with E-state index in [4.69, 9.17) is 0 Å². The highest BCUT2D eigenvalue weighted by molar-refractivity contribution is 5.92. The van der Waals surface area contributed by atoms with Gasteiger partial charge in [0.2, 0.25) is 11.8 Å². The summed E-state index contributed by atoms with van der Waals surface area (Å²) in [6.45, 7) is 0.973. The molecule has 0 unspecified atom stereocenters. The molecule has 152 valence electrons. The zero-order valence-electron chi connectivity index (χ0n) is 15.8. The van der Waals surface area contributed by atoms with Crippen molar-refractivity contribution in [2.24, 2.45) is 0 Å². The average Bonchev–Trinajstić information content (AvgIpc) is 2.71. The SMILES string of the molecule is O=C(C=Cc1ccc(O)cc1)NCCCCNC(=O)/C=C/c1ccc(O)c(O)c1. The van der Waals surface area contributed by atoms with Crippen LogP contribution in [0.25, 0.3) is 12.2 Å². The summed E-state index contributed by atoms with van der Waals surface area (Å²) in [5.74, 6) is -0.753. The molecule has 0 spiro atoms. The molecule has 2 rings (SSSR count). The highest BCUT2D eigenvalue weighted by atomic mass is 16.3. The first kappa shape index (κ1) is 21.6. The van der Waals surface area contributed by atoms with Crippen LogP contribution in [0.2, 0.25) is 0 Å². The number of carbonyl (C=O) groups excluding carboxylic acids is 2. The minimum Gasteiger partial charge on any atom is -0.508 e. The zero-order chi connectivity index (χ0) is 21.1. The Morgan fingerprint density at radius 3 is 1.79 bits per heavy atom. The van der Waals surface area contributed by atoms with Gasteiger partial charge in [0, 0.05) is 25.2 Å². The Hall–Kier alpha value is -3.74. The number of rotatable bonds is 9. The van der Waals surface area contributed by atoms with Crippen molar-refractivity contribution in [3.05, 3.63) is 65.7 Å². The third-order valence-corrected chi connectivity index (χ3v) is 3.95. The van der Waals surface area contributed by atoms with E-state index >= 15 is 0 Å². The van der Waals surface area contributed by atoms with Crippen molar-refractivity contribution in [3.8, 4) is 17.2 Å². The number of phenols is 3. The highest BCUT2D eigenvalue weighted by Crippen LogP contribution is 2.25. The second-order valence-electron chi connectivity index (χ2n) is 6.30. The lowest BCUT2D eigenvalue weighted by Gasteiger charge is -2.04. The van der Waals surface area contributed by atoms with Gasteiger partial charge < -0.3 is 26.0 Å². The van der Waals surface area contributed by atoms with Crippen molar-refractivity contribution < 1.29 is 24.9 Å². The van der Waals surface area contributed by atoms with Gasteiger partial charge in [-0.2, -0.15) is 0 Å². The van der Waals surface area contributed by atoms with Crippen LogP contribution in [0.5, 0.6) is 17.2 Å². The fourth-order valence-electron chi connectivity index (χ4n) is 2.36. The number of carbonyl (C=O) groups is 2. The molecule has 0 saturated heterocycles. The number of aromatic hydroxyl groups is 3. The Morgan fingerprint density at radius 1 is 0.724 bits per heavy atom. The van der Waals surface area contributed by atoms with Gasteiger partial charge >= 0.3 is 0 Å². The van der Waals surface area contributed by atoms with Gasteiger partial charge in [-0.1, -0.05) is 18.2 Å². The number of hydrogen-bond acceptors (Lipinski definition) is 5. The molecule has 0 saturated carbocycles. The molecular weight excluding hydrogens is 372 g/mol. The predicted molar refractivity (Wildman–Crippen MR) is 111 cm³/mol. The smallest absolute Gasteiger partial charge is 0.243 e. The first-order chi connectivity index (χ1) is 13.9. The third-order valence-electron chi connectivity index (χ3n) is 3.95. The molecule has 2 amide bonds. The lowest BCUT2D eigenvalue weighted by Crippen LogP contribution is -2.25. The molecule has 0 aliphatic rings. The normalized spacial score (nSPS) is 11.0. The first-order valence-electron chi connectivity index (χ1n) is 9.17. The van der Waals surface area contributed by atoms with Gasteiger partial charge in [-0.3, -0.25) is 9.59 Å². The van der Waals surface area contributed by atoms with E-state index in [2.05, 4.69) is 10.6 Å². The molecular formula is C22H24N2O5. The van der Waals surface area contributed by atoms with Gasteiger partial charge in [0.25, 0.3) is 0 Å². The van der Waals surface area contributed by atoms with Gasteiger partial charge in [-0.05, 0) is 60.4 Å². The monoisotopic (exact) mass is 396 g/mol. The number of phenolic OH excluding ortho intramolecular Hbond substituents is 3. The van der Waals surface area contributed by atoms with Crippen molar-refractivity contribution in [2.75, 3.05) is 13.1 Å². The molecule has 0 aliphatic carbocycles. The maximum atomic E-state index is 11.7. The number of amides is 2. The Morgan fingerprint density at radius 2 is 1.24 bits per heavy atom. The third kappa shape index (κ3) is 8.21. The van der Waals surface area contributed by atoms with Gasteiger partial charge in [-0.15, -0.1) is 0 Å². The second kappa shape index (κ2) is 11.2. The van der Waals surface area contributed by atoms with E-state index in [1.165, 1.54) is 30.4 Å². The van der Waals surface area contributed by atoms with Crippen molar-refractivity contribution >= 4 is 24.0 Å². The molecule has 0 fully saturated rings. The van der Waals surface area contributed by atoms with Crippen molar-refractivity contribution in [2.45, 2.75) is 12.8 Å². The number of benzene rings is 2. The first-order valence-corrected chi connectivity index (χ1v) is 9.17. The molecule has 7 nitrogen and oxygen atoms in total. The molecule has 2 aromatic rings. The van der Waals surface area contributed by atoms with Gasteiger partial charge in [0.05, 0.1) is 0 Å². The number of unbranched alkanes of at least 4 members (excludes halogenated alkanes) is 1. The summed E-state index contributed by atoms with van der Waals surface area (Å²) < 4.78 is 0. The predicted octanol–water partition coefficient (Wildman–Crippen LogP) is 2.54. The van der Waals surface area contributed by atoms with Crippen LogP contribution >= 0.6 is 0 Å². The molecule has 0 radical (unpaired) electrons. The Bertz CT molecular complexity index is 889. The molecule has 7 heteroatoms. The Balaban J connectivity index is 1.58. The van der Waals surface area contributed by atoms with Crippen molar-refractivity contribution in [1.82, 2.24) is 10.6 Å². The van der Waals surface area contributed by atoms with E-state index in [1.807, 2.05) is 0 Å². The van der Waals surface area contributed by atoms with Crippen LogP contribution in [0.1, 0.15) is 24.0 Å². The lowest BCUT2D eigenvalue weighted by molar-refractivity contribution is -0.117. The van der Waals surface area contributed by atoms with Gasteiger partial charge in [-0.25, -0.2) is 0 Å². The lowest BCUT2D eigenvalue weighted by atomic mass is 10.2. The average molecular weight is 396 g/mol. The molecule has 0 aliphatic heterocycles. The van der Waals surface area contributed by atoms with E-state index in [1.54, 1.807) is 36.4 Å². The minimum absolute atomic E-state index is 0.175. The quantitative estimate of drug-likeness (QED) is 0.254. The maximum Gasteiger partial charge on any atom is 0.243 e. The van der Waals surface area contributed by atoms with Crippen molar-refractivity contribution in [3.63, 3.8) is 0 Å². The van der Waals surface area contributed by atoms with Crippen LogP contribution in [0.15, 0.2) is 54.6 Å². The van der Waals surface area contributed by atoms with Crippen LogP contribution in [-0.4, -0.2) is 40.2 Å². The topological polar surface area (TPSA) is 119 Å². The van der Waals surface area contributed by atoms with Crippen LogP contribution in [0, 0.1) is 0 Å². The summed E-state index contributed by atoms with van der Waals surface area (Å²) in [6.07, 6.45) is 7.41. The molecule has 0 bridgehead atoms. The standard InChI is InChI=1S/C22H24N2O5/c25-18-8-3-16(4-9-18)6-11-21(28)23-13-1-2-14-24-22(29)12-7-17-5-10-19(26)20(27)15-17/h3-12,15,25-27H,1-2,13-14H2,(H,23,28)(H,24,29)/b11-6?,12-7+. The molecule has 0 heterocycles. The minimum atomic E-state index is -0.265. The van der Waals surface area contributed by atoms with E-state index in [-0.39, 0.29) is 29.1 Å². The van der Waals surface area contributed by atoms with Crippen LogP contribution < -0.4 is 10.6 Å². The maximum absolute atomic E-state index is 11.7. The summed E-state index contributed by atoms with van der Waals surface area (Å²) in [5, 5.41) is 33.3. The molecule has 5 N–H and O–H groups in total. The Kier molecular flexibility index (Phi) is 8.31. The number of nitrogens with one attached hydrogen (secondary N) is 2. The molecule has 0 atom stereocenters. The molecule has 2 aromatic carbocycles. The Labute approximate surface area is 169 Å². The van der Waals surface area contributed by atoms with Crippen molar-refractivity contribution in [1.29, 1.82) is 0 Å². The summed E-state index contributed by atoms with van der Waals surface area (Å²) in [4.78, 5) is 23.5. The van der Waals surface area contributed by atoms with E-state index in [0.717, 1.165) is 5.56 Å². The van der Waals surface area contributed by atoms with Crippen LogP contribution in [0.3, 0.4) is 0 Å². The largest absolute Gasteiger partial charge is 0.508 e. The van der Waals surface area contributed by atoms with E-state index in [0.29, 0.717) is 31.5 Å². The van der Waals surface area contributed by atoms with Crippen LogP contribution in [0.4, 0.5) is 0 Å².